The maximum Gasteiger partial charge on any atom is 0.216 e. The van der Waals surface area contributed by atoms with Gasteiger partial charge in [-0.05, 0) is 7.05 Å². The average Bonchev–Trinajstić information content (AvgIpc) is 1.66. The molecule has 0 saturated carbocycles. The predicted octanol–water partition coefficient (Wildman–Crippen LogP) is -0.496. The van der Waals surface area contributed by atoms with Crippen LogP contribution in [0.5, 0.6) is 0 Å². The van der Waals surface area contributed by atoms with Gasteiger partial charge >= 0.3 is 0 Å². The van der Waals surface area contributed by atoms with E-state index in [0.29, 0.717) is 6.54 Å². The summed E-state index contributed by atoms with van der Waals surface area (Å²) in [6.45, 7) is 3.84. The Kier molecular flexibility index (Phi) is 4.26. The summed E-state index contributed by atoms with van der Waals surface area (Å²) in [6, 6.07) is 0. The Hall–Kier alpha value is -0.570. The van der Waals surface area contributed by atoms with E-state index >= 15 is 0 Å². The van der Waals surface area contributed by atoms with Crippen molar-refractivity contribution in [1.29, 1.82) is 0 Å². The molecule has 0 bridgehead atoms. The fraction of sp³-hybridized carbons (Fsp3) is 0.600. The van der Waals surface area contributed by atoms with E-state index in [2.05, 4.69) is 10.6 Å². The average molecular weight is 115 g/mol. The first-order chi connectivity index (χ1) is 3.77. The van der Waals surface area contributed by atoms with Gasteiger partial charge in [0.25, 0.3) is 0 Å². The molecule has 0 heterocycles. The maximum absolute atomic E-state index is 10.2. The first-order valence-electron chi connectivity index (χ1n) is 2.50. The van der Waals surface area contributed by atoms with Crippen LogP contribution in [0.1, 0.15) is 6.92 Å². The van der Waals surface area contributed by atoms with E-state index in [0.717, 1.165) is 0 Å². The summed E-state index contributed by atoms with van der Waals surface area (Å²) in [4.78, 5) is 10.2. The lowest BCUT2D eigenvalue weighted by Crippen LogP contribution is -2.24. The lowest BCUT2D eigenvalue weighted by Gasteiger charge is -1.97. The molecule has 0 fully saturated rings. The van der Waals surface area contributed by atoms with Gasteiger partial charge in [0.2, 0.25) is 5.91 Å². The molecule has 3 nitrogen and oxygen atoms in total. The number of likely N-dealkylation sites (N-methyl/N-ethyl adjacent to an activating group) is 1. The summed E-state index contributed by atoms with van der Waals surface area (Å²) in [7, 11) is 1.79. The van der Waals surface area contributed by atoms with E-state index in [1.807, 2.05) is 0 Å². The molecule has 47 valence electrons. The molecule has 0 aromatic rings. The van der Waals surface area contributed by atoms with Crippen molar-refractivity contribution >= 4 is 5.91 Å². The van der Waals surface area contributed by atoms with E-state index in [1.165, 1.54) is 6.92 Å². The summed E-state index contributed by atoms with van der Waals surface area (Å²) < 4.78 is 0. The monoisotopic (exact) mass is 115 g/mol. The van der Waals surface area contributed by atoms with Crippen LogP contribution < -0.4 is 10.6 Å². The molecule has 0 aromatic carbocycles. The van der Waals surface area contributed by atoms with Crippen LogP contribution in [0.15, 0.2) is 0 Å². The topological polar surface area (TPSA) is 41.1 Å². The fourth-order valence-corrected chi connectivity index (χ4v) is 0.297. The molecule has 0 rings (SSSR count). The molecule has 1 amide bonds. The van der Waals surface area contributed by atoms with Crippen LogP contribution >= 0.6 is 0 Å². The Morgan fingerprint density at radius 1 is 1.75 bits per heavy atom. The minimum Gasteiger partial charge on any atom is -0.355 e. The van der Waals surface area contributed by atoms with Crippen LogP contribution in [0.2, 0.25) is 0 Å². The van der Waals surface area contributed by atoms with Crippen LogP contribution in [0.4, 0.5) is 0 Å². The Labute approximate surface area is 49.5 Å². The highest BCUT2D eigenvalue weighted by Crippen LogP contribution is 1.62. The van der Waals surface area contributed by atoms with Crippen molar-refractivity contribution in [3.63, 3.8) is 0 Å². The zero-order valence-electron chi connectivity index (χ0n) is 5.19. The number of amides is 1. The van der Waals surface area contributed by atoms with Crippen molar-refractivity contribution < 1.29 is 4.79 Å². The van der Waals surface area contributed by atoms with Gasteiger partial charge in [-0.15, -0.1) is 0 Å². The van der Waals surface area contributed by atoms with E-state index in [-0.39, 0.29) is 5.91 Å². The molecule has 8 heavy (non-hydrogen) atoms. The number of carbonyl (C=O) groups excluding carboxylic acids is 1. The van der Waals surface area contributed by atoms with Gasteiger partial charge in [0.05, 0.1) is 0 Å². The summed E-state index contributed by atoms with van der Waals surface area (Å²) in [5.41, 5.74) is 0. The van der Waals surface area contributed by atoms with Crippen molar-refractivity contribution in [3.05, 3.63) is 6.54 Å². The fourth-order valence-electron chi connectivity index (χ4n) is 0.297. The first-order valence-corrected chi connectivity index (χ1v) is 2.50. The second kappa shape index (κ2) is 4.59. The summed E-state index contributed by atoms with van der Waals surface area (Å²) in [6.07, 6.45) is 0. The van der Waals surface area contributed by atoms with Crippen molar-refractivity contribution in [2.75, 3.05) is 13.6 Å². The van der Waals surface area contributed by atoms with Crippen LogP contribution in [0, 0.1) is 6.54 Å². The van der Waals surface area contributed by atoms with Crippen molar-refractivity contribution in [2.24, 2.45) is 0 Å². The molecule has 0 atom stereocenters. The lowest BCUT2D eigenvalue weighted by molar-refractivity contribution is -0.118. The van der Waals surface area contributed by atoms with Gasteiger partial charge in [-0.2, -0.15) is 0 Å². The summed E-state index contributed by atoms with van der Waals surface area (Å²) >= 11 is 0. The van der Waals surface area contributed by atoms with E-state index in [1.54, 1.807) is 13.6 Å². The van der Waals surface area contributed by atoms with Gasteiger partial charge in [-0.3, -0.25) is 4.79 Å². The molecule has 0 saturated heterocycles. The van der Waals surface area contributed by atoms with Gasteiger partial charge < -0.3 is 10.6 Å². The Balaban J connectivity index is 2.82. The lowest BCUT2D eigenvalue weighted by atomic mass is 10.6. The molecule has 0 aromatic heterocycles. The van der Waals surface area contributed by atoms with Gasteiger partial charge in [0.1, 0.15) is 0 Å². The van der Waals surface area contributed by atoms with Gasteiger partial charge in [0.15, 0.2) is 0 Å². The normalized spacial score (nSPS) is 8.75. The van der Waals surface area contributed by atoms with Crippen LogP contribution in [-0.4, -0.2) is 19.5 Å². The van der Waals surface area contributed by atoms with Crippen molar-refractivity contribution in [3.8, 4) is 0 Å². The molecule has 0 aliphatic heterocycles. The van der Waals surface area contributed by atoms with E-state index < -0.39 is 0 Å². The van der Waals surface area contributed by atoms with E-state index in [4.69, 9.17) is 0 Å². The van der Waals surface area contributed by atoms with Gasteiger partial charge in [-0.1, -0.05) is 0 Å². The standard InChI is InChI=1S/C5H11N2O/c1-5(8)7-4-3-6-2/h3,6H,4H2,1-2H3,(H,7,8). The molecule has 0 aliphatic carbocycles. The number of carbonyl (C=O) groups is 1. The Morgan fingerprint density at radius 3 is 2.75 bits per heavy atom. The first kappa shape index (κ1) is 7.43. The maximum atomic E-state index is 10.2. The highest BCUT2D eigenvalue weighted by atomic mass is 16.1. The zero-order chi connectivity index (χ0) is 6.41. The quantitative estimate of drug-likeness (QED) is 0.487. The number of nitrogens with one attached hydrogen (secondary N) is 2. The molecule has 0 aliphatic rings. The van der Waals surface area contributed by atoms with Crippen LogP contribution in [-0.2, 0) is 4.79 Å². The minimum atomic E-state index is -0.00324. The second-order valence-corrected chi connectivity index (χ2v) is 1.43. The molecule has 0 unspecified atom stereocenters. The zero-order valence-corrected chi connectivity index (χ0v) is 5.19. The van der Waals surface area contributed by atoms with Crippen molar-refractivity contribution in [2.45, 2.75) is 6.92 Å². The largest absolute Gasteiger partial charge is 0.355 e. The molecule has 0 spiro atoms. The third-order valence-corrected chi connectivity index (χ3v) is 0.657. The van der Waals surface area contributed by atoms with Crippen LogP contribution in [0.3, 0.4) is 0 Å². The molecular weight excluding hydrogens is 104 g/mol. The molecule has 3 heteroatoms. The predicted molar refractivity (Wildman–Crippen MR) is 32.0 cm³/mol. The van der Waals surface area contributed by atoms with Crippen LogP contribution in [0.25, 0.3) is 0 Å². The highest BCUT2D eigenvalue weighted by Gasteiger charge is 1.85. The summed E-state index contributed by atoms with van der Waals surface area (Å²) in [5.74, 6) is -0.00324. The number of rotatable bonds is 3. The minimum absolute atomic E-state index is 0.00324. The number of hydrogen-bond donors (Lipinski definition) is 2. The molecule has 1 radical (unpaired) electrons. The molecular formula is C5H11N2O. The SMILES string of the molecule is CN[CH]CNC(C)=O. The van der Waals surface area contributed by atoms with Gasteiger partial charge in [0, 0.05) is 20.0 Å². The Morgan fingerprint density at radius 2 is 2.38 bits per heavy atom. The van der Waals surface area contributed by atoms with Crippen molar-refractivity contribution in [1.82, 2.24) is 10.6 Å². The smallest absolute Gasteiger partial charge is 0.216 e. The highest BCUT2D eigenvalue weighted by molar-refractivity contribution is 5.72. The number of hydrogen-bond acceptors (Lipinski definition) is 2. The third-order valence-electron chi connectivity index (χ3n) is 0.657. The van der Waals surface area contributed by atoms with Gasteiger partial charge in [-0.25, -0.2) is 0 Å². The second-order valence-electron chi connectivity index (χ2n) is 1.43. The third kappa shape index (κ3) is 5.43. The Bertz CT molecular complexity index is 72.8. The summed E-state index contributed by atoms with van der Waals surface area (Å²) in [5, 5.41) is 5.37. The molecule has 2 N–H and O–H groups in total. The van der Waals surface area contributed by atoms with E-state index in [9.17, 15) is 4.79 Å².